The van der Waals surface area contributed by atoms with Crippen LogP contribution in [0.3, 0.4) is 0 Å². The molecule has 0 fully saturated rings. The Balaban J connectivity index is 2.01. The molecule has 0 saturated carbocycles. The van der Waals surface area contributed by atoms with E-state index in [1.165, 1.54) is 44.4 Å². The van der Waals surface area contributed by atoms with Gasteiger partial charge in [-0.2, -0.15) is 0 Å². The van der Waals surface area contributed by atoms with Crippen LogP contribution in [0.15, 0.2) is 72.8 Å². The lowest BCUT2D eigenvalue weighted by Crippen LogP contribution is -2.05. The Kier molecular flexibility index (Phi) is 4.16. The summed E-state index contributed by atoms with van der Waals surface area (Å²) in [5.41, 5.74) is 9.33. The molecule has 1 heterocycles. The van der Waals surface area contributed by atoms with Crippen LogP contribution in [0.2, 0.25) is 0 Å². The number of rotatable bonds is 3. The first-order valence-electron chi connectivity index (χ1n) is 9.23. The van der Waals surface area contributed by atoms with E-state index in [9.17, 15) is 0 Å². The molecule has 4 aromatic rings. The van der Waals surface area contributed by atoms with E-state index in [-0.39, 0.29) is 5.92 Å². The van der Waals surface area contributed by atoms with Crippen LogP contribution >= 0.6 is 0 Å². The Bertz CT molecular complexity index is 1000. The van der Waals surface area contributed by atoms with Gasteiger partial charge in [0.05, 0.1) is 0 Å². The summed E-state index contributed by atoms with van der Waals surface area (Å²) in [6.07, 6.45) is 0. The molecule has 3 aromatic carbocycles. The third-order valence-electron chi connectivity index (χ3n) is 5.56. The van der Waals surface area contributed by atoms with E-state index in [4.69, 9.17) is 0 Å². The Morgan fingerprint density at radius 1 is 0.654 bits per heavy atom. The molecule has 1 aromatic heterocycles. The Hall–Kier alpha value is -2.80. The third-order valence-corrected chi connectivity index (χ3v) is 5.56. The minimum atomic E-state index is 0.238. The summed E-state index contributed by atoms with van der Waals surface area (Å²) in [5, 5.41) is 1.35. The summed E-state index contributed by atoms with van der Waals surface area (Å²) >= 11 is 0. The molecule has 0 amide bonds. The van der Waals surface area contributed by atoms with Crippen molar-refractivity contribution < 1.29 is 0 Å². The number of benzene rings is 3. The molecule has 0 atom stereocenters. The second-order valence-corrected chi connectivity index (χ2v) is 7.33. The average molecular weight is 339 g/mol. The highest BCUT2D eigenvalue weighted by Crippen LogP contribution is 2.39. The Labute approximate surface area is 155 Å². The summed E-state index contributed by atoms with van der Waals surface area (Å²) in [6.45, 7) is 6.53. The van der Waals surface area contributed by atoms with Crippen molar-refractivity contribution in [2.24, 2.45) is 7.05 Å². The molecule has 0 radical (unpaired) electrons. The number of aromatic nitrogens is 1. The zero-order valence-corrected chi connectivity index (χ0v) is 16.0. The third kappa shape index (κ3) is 2.74. The van der Waals surface area contributed by atoms with Crippen molar-refractivity contribution in [1.29, 1.82) is 0 Å². The van der Waals surface area contributed by atoms with Crippen LogP contribution in [0.1, 0.15) is 39.4 Å². The average Bonchev–Trinajstić information content (AvgIpc) is 2.90. The molecule has 0 aliphatic carbocycles. The molecular weight excluding hydrogens is 314 g/mol. The molecule has 0 aliphatic heterocycles. The largest absolute Gasteiger partial charge is 0.348 e. The zero-order valence-electron chi connectivity index (χ0n) is 16.0. The molecule has 1 nitrogen and oxygen atoms in total. The van der Waals surface area contributed by atoms with E-state index in [0.717, 1.165) is 0 Å². The maximum atomic E-state index is 2.32. The number of hydrogen-bond acceptors (Lipinski definition) is 0. The van der Waals surface area contributed by atoms with Gasteiger partial charge in [0.15, 0.2) is 0 Å². The van der Waals surface area contributed by atoms with Crippen molar-refractivity contribution in [1.82, 2.24) is 4.57 Å². The number of fused-ring (bicyclic) bond motifs is 1. The van der Waals surface area contributed by atoms with Gasteiger partial charge in [-0.1, -0.05) is 77.9 Å². The number of nitrogens with zero attached hydrogens (tertiary/aromatic N) is 1. The molecule has 26 heavy (non-hydrogen) atoms. The lowest BCUT2D eigenvalue weighted by Gasteiger charge is -2.20. The molecule has 0 bridgehead atoms. The molecule has 1 heteroatoms. The molecular formula is C25H25N. The molecule has 4 rings (SSSR count). The van der Waals surface area contributed by atoms with Gasteiger partial charge in [0.1, 0.15) is 0 Å². The molecule has 0 spiro atoms. The second kappa shape index (κ2) is 6.49. The highest BCUT2D eigenvalue weighted by molar-refractivity contribution is 5.87. The van der Waals surface area contributed by atoms with E-state index in [1.807, 2.05) is 0 Å². The predicted molar refractivity (Wildman–Crippen MR) is 111 cm³/mol. The smallest absolute Gasteiger partial charge is 0.0483 e. The molecule has 0 unspecified atom stereocenters. The Morgan fingerprint density at radius 3 is 1.69 bits per heavy atom. The maximum Gasteiger partial charge on any atom is 0.0483 e. The quantitative estimate of drug-likeness (QED) is 0.414. The van der Waals surface area contributed by atoms with Crippen molar-refractivity contribution in [2.45, 2.75) is 26.7 Å². The first-order valence-corrected chi connectivity index (χ1v) is 9.23. The van der Waals surface area contributed by atoms with Gasteiger partial charge in [-0.25, -0.2) is 0 Å². The van der Waals surface area contributed by atoms with Crippen molar-refractivity contribution in [3.8, 4) is 0 Å². The summed E-state index contributed by atoms with van der Waals surface area (Å²) in [5.74, 6) is 0.238. The minimum Gasteiger partial charge on any atom is -0.348 e. The van der Waals surface area contributed by atoms with Crippen molar-refractivity contribution >= 4 is 10.9 Å². The van der Waals surface area contributed by atoms with Gasteiger partial charge in [-0.05, 0) is 43.5 Å². The van der Waals surface area contributed by atoms with Gasteiger partial charge in [0.25, 0.3) is 0 Å². The zero-order chi connectivity index (χ0) is 18.3. The van der Waals surface area contributed by atoms with Crippen LogP contribution in [0, 0.1) is 20.8 Å². The predicted octanol–water partition coefficient (Wildman–Crippen LogP) is 6.28. The molecule has 0 N–H and O–H groups in total. The highest BCUT2D eigenvalue weighted by Gasteiger charge is 2.23. The van der Waals surface area contributed by atoms with Crippen LogP contribution in [-0.2, 0) is 7.05 Å². The fourth-order valence-electron chi connectivity index (χ4n) is 3.96. The van der Waals surface area contributed by atoms with Gasteiger partial charge in [0, 0.05) is 29.6 Å². The van der Waals surface area contributed by atoms with Crippen LogP contribution in [-0.4, -0.2) is 4.57 Å². The monoisotopic (exact) mass is 339 g/mol. The summed E-state index contributed by atoms with van der Waals surface area (Å²) in [6, 6.07) is 26.7. The van der Waals surface area contributed by atoms with Crippen molar-refractivity contribution in [2.75, 3.05) is 0 Å². The van der Waals surface area contributed by atoms with E-state index in [2.05, 4.69) is 105 Å². The van der Waals surface area contributed by atoms with Crippen molar-refractivity contribution in [3.63, 3.8) is 0 Å². The summed E-state index contributed by atoms with van der Waals surface area (Å²) in [4.78, 5) is 0. The molecule has 0 aliphatic rings. The standard InChI is InChI=1S/C25H25N/c1-17-9-13-20(14-10-17)25(21-15-11-18(2)12-16-21)24-19(3)26(4)23-8-6-5-7-22(23)24/h5-16,25H,1-4H3. The fourth-order valence-corrected chi connectivity index (χ4v) is 3.96. The SMILES string of the molecule is Cc1ccc(C(c2ccc(C)cc2)c2c(C)n(C)c3ccccc23)cc1. The van der Waals surface area contributed by atoms with Crippen molar-refractivity contribution in [3.05, 3.63) is 106 Å². The van der Waals surface area contributed by atoms with Crippen LogP contribution < -0.4 is 0 Å². The first kappa shape index (κ1) is 16.7. The fraction of sp³-hybridized carbons (Fsp3) is 0.200. The van der Waals surface area contributed by atoms with E-state index >= 15 is 0 Å². The van der Waals surface area contributed by atoms with Gasteiger partial charge in [-0.15, -0.1) is 0 Å². The lowest BCUT2D eigenvalue weighted by molar-refractivity contribution is 0.878. The number of hydrogen-bond donors (Lipinski definition) is 0. The van der Waals surface area contributed by atoms with Gasteiger partial charge in [-0.3, -0.25) is 0 Å². The van der Waals surface area contributed by atoms with Gasteiger partial charge < -0.3 is 4.57 Å². The molecule has 0 saturated heterocycles. The summed E-state index contributed by atoms with van der Waals surface area (Å²) < 4.78 is 2.32. The van der Waals surface area contributed by atoms with E-state index in [1.54, 1.807) is 0 Å². The molecule has 130 valence electrons. The Morgan fingerprint density at radius 2 is 1.15 bits per heavy atom. The van der Waals surface area contributed by atoms with E-state index < -0.39 is 0 Å². The topological polar surface area (TPSA) is 4.93 Å². The van der Waals surface area contributed by atoms with Crippen LogP contribution in [0.5, 0.6) is 0 Å². The minimum absolute atomic E-state index is 0.238. The maximum absolute atomic E-state index is 2.32. The highest BCUT2D eigenvalue weighted by atomic mass is 14.9. The van der Waals surface area contributed by atoms with Crippen LogP contribution in [0.25, 0.3) is 10.9 Å². The van der Waals surface area contributed by atoms with E-state index in [0.29, 0.717) is 0 Å². The normalized spacial score (nSPS) is 11.4. The van der Waals surface area contributed by atoms with Crippen LogP contribution in [0.4, 0.5) is 0 Å². The summed E-state index contributed by atoms with van der Waals surface area (Å²) in [7, 11) is 2.17. The second-order valence-electron chi connectivity index (χ2n) is 7.33. The lowest BCUT2D eigenvalue weighted by atomic mass is 9.83. The number of para-hydroxylation sites is 1. The van der Waals surface area contributed by atoms with Gasteiger partial charge >= 0.3 is 0 Å². The number of aryl methyl sites for hydroxylation is 3. The van der Waals surface area contributed by atoms with Gasteiger partial charge in [0.2, 0.25) is 0 Å². The first-order chi connectivity index (χ1) is 12.6.